The number of carbonyl (C=O) groups excluding carboxylic acids is 1. The van der Waals surface area contributed by atoms with E-state index in [1.807, 2.05) is 13.0 Å². The van der Waals surface area contributed by atoms with E-state index in [-0.39, 0.29) is 5.91 Å². The van der Waals surface area contributed by atoms with Crippen LogP contribution in [-0.2, 0) is 14.8 Å². The van der Waals surface area contributed by atoms with Gasteiger partial charge in [-0.05, 0) is 51.3 Å². The second-order valence-electron chi connectivity index (χ2n) is 5.70. The standard InChI is InChI=1S/C15H22N2O3S/c1-11(2)21(19,20)16-13-8-7-12(3)14(10-13)17-9-5-4-6-15(17)18/h7-8,10-11,16H,4-6,9H2,1-3H3. The minimum absolute atomic E-state index is 0.105. The van der Waals surface area contributed by atoms with Gasteiger partial charge >= 0.3 is 0 Å². The number of hydrogen-bond acceptors (Lipinski definition) is 3. The van der Waals surface area contributed by atoms with Gasteiger partial charge in [-0.3, -0.25) is 9.52 Å². The van der Waals surface area contributed by atoms with Crippen molar-refractivity contribution in [2.45, 2.75) is 45.3 Å². The van der Waals surface area contributed by atoms with Crippen LogP contribution in [0.1, 0.15) is 38.7 Å². The second kappa shape index (κ2) is 6.05. The molecule has 116 valence electrons. The van der Waals surface area contributed by atoms with Crippen LogP contribution < -0.4 is 9.62 Å². The summed E-state index contributed by atoms with van der Waals surface area (Å²) in [6.07, 6.45) is 2.46. The molecule has 1 saturated heterocycles. The maximum Gasteiger partial charge on any atom is 0.235 e. The predicted molar refractivity (Wildman–Crippen MR) is 85.1 cm³/mol. The highest BCUT2D eigenvalue weighted by Gasteiger charge is 2.22. The first-order chi connectivity index (χ1) is 9.81. The Morgan fingerprint density at radius 1 is 1.24 bits per heavy atom. The van der Waals surface area contributed by atoms with Gasteiger partial charge in [0.15, 0.2) is 0 Å². The molecule has 0 radical (unpaired) electrons. The highest BCUT2D eigenvalue weighted by molar-refractivity contribution is 7.93. The first kappa shape index (κ1) is 15.8. The lowest BCUT2D eigenvalue weighted by Gasteiger charge is -2.28. The third-order valence-corrected chi connectivity index (χ3v) is 5.47. The normalized spacial score (nSPS) is 16.4. The Morgan fingerprint density at radius 2 is 1.95 bits per heavy atom. The smallest absolute Gasteiger partial charge is 0.235 e. The highest BCUT2D eigenvalue weighted by atomic mass is 32.2. The molecule has 1 aliphatic heterocycles. The summed E-state index contributed by atoms with van der Waals surface area (Å²) in [4.78, 5) is 13.8. The number of nitrogens with one attached hydrogen (secondary N) is 1. The minimum atomic E-state index is -3.38. The third-order valence-electron chi connectivity index (χ3n) is 3.70. The molecule has 1 heterocycles. The first-order valence-electron chi connectivity index (χ1n) is 7.24. The number of anilines is 2. The van der Waals surface area contributed by atoms with Crippen LogP contribution in [-0.4, -0.2) is 26.1 Å². The number of rotatable bonds is 4. The van der Waals surface area contributed by atoms with Gasteiger partial charge in [-0.15, -0.1) is 0 Å². The maximum atomic E-state index is 12.0. The molecule has 2 rings (SSSR count). The van der Waals surface area contributed by atoms with Crippen molar-refractivity contribution in [2.75, 3.05) is 16.2 Å². The van der Waals surface area contributed by atoms with Crippen molar-refractivity contribution in [1.29, 1.82) is 0 Å². The molecule has 1 aliphatic rings. The average molecular weight is 310 g/mol. The number of hydrogen-bond donors (Lipinski definition) is 1. The number of sulfonamides is 1. The van der Waals surface area contributed by atoms with Gasteiger partial charge in [-0.25, -0.2) is 8.42 Å². The lowest BCUT2D eigenvalue weighted by molar-refractivity contribution is -0.119. The molecule has 0 atom stereocenters. The van der Waals surface area contributed by atoms with Crippen molar-refractivity contribution >= 4 is 27.3 Å². The largest absolute Gasteiger partial charge is 0.312 e. The van der Waals surface area contributed by atoms with E-state index in [1.54, 1.807) is 30.9 Å². The Labute approximate surface area is 126 Å². The zero-order valence-corrected chi connectivity index (χ0v) is 13.5. The van der Waals surface area contributed by atoms with Gasteiger partial charge in [-0.2, -0.15) is 0 Å². The van der Waals surface area contributed by atoms with E-state index in [0.29, 0.717) is 18.7 Å². The zero-order chi connectivity index (χ0) is 15.6. The molecule has 0 spiro atoms. The second-order valence-corrected chi connectivity index (χ2v) is 7.94. The van der Waals surface area contributed by atoms with Crippen molar-refractivity contribution in [3.05, 3.63) is 23.8 Å². The molecule has 0 aliphatic carbocycles. The Morgan fingerprint density at radius 3 is 2.57 bits per heavy atom. The minimum Gasteiger partial charge on any atom is -0.312 e. The van der Waals surface area contributed by atoms with Crippen LogP contribution in [0, 0.1) is 6.92 Å². The molecule has 1 aromatic rings. The van der Waals surface area contributed by atoms with E-state index in [2.05, 4.69) is 4.72 Å². The van der Waals surface area contributed by atoms with Gasteiger partial charge in [0.25, 0.3) is 0 Å². The van der Waals surface area contributed by atoms with Crippen molar-refractivity contribution in [2.24, 2.45) is 0 Å². The molecular weight excluding hydrogens is 288 g/mol. The fourth-order valence-electron chi connectivity index (χ4n) is 2.31. The molecule has 1 amide bonds. The van der Waals surface area contributed by atoms with E-state index in [9.17, 15) is 13.2 Å². The van der Waals surface area contributed by atoms with E-state index in [4.69, 9.17) is 0 Å². The summed E-state index contributed by atoms with van der Waals surface area (Å²) in [7, 11) is -3.38. The SMILES string of the molecule is Cc1ccc(NS(=O)(=O)C(C)C)cc1N1CCCCC1=O. The molecule has 1 N–H and O–H groups in total. The predicted octanol–water partition coefficient (Wildman–Crippen LogP) is 2.66. The Hall–Kier alpha value is -1.56. The summed E-state index contributed by atoms with van der Waals surface area (Å²) in [5.74, 6) is 0.105. The van der Waals surface area contributed by atoms with Crippen LogP contribution in [0.25, 0.3) is 0 Å². The summed E-state index contributed by atoms with van der Waals surface area (Å²) in [6.45, 7) is 5.88. The Kier molecular flexibility index (Phi) is 4.56. The van der Waals surface area contributed by atoms with Crippen molar-refractivity contribution < 1.29 is 13.2 Å². The van der Waals surface area contributed by atoms with E-state index in [0.717, 1.165) is 24.1 Å². The van der Waals surface area contributed by atoms with Crippen LogP contribution >= 0.6 is 0 Å². The van der Waals surface area contributed by atoms with Crippen LogP contribution in [0.3, 0.4) is 0 Å². The van der Waals surface area contributed by atoms with Crippen molar-refractivity contribution in [1.82, 2.24) is 0 Å². The monoisotopic (exact) mass is 310 g/mol. The molecule has 6 heteroatoms. The van der Waals surface area contributed by atoms with E-state index in [1.165, 1.54) is 0 Å². The lowest BCUT2D eigenvalue weighted by atomic mass is 10.1. The first-order valence-corrected chi connectivity index (χ1v) is 8.78. The summed E-state index contributed by atoms with van der Waals surface area (Å²) >= 11 is 0. The van der Waals surface area contributed by atoms with Gasteiger partial charge < -0.3 is 4.90 Å². The van der Waals surface area contributed by atoms with E-state index >= 15 is 0 Å². The molecule has 0 aromatic heterocycles. The number of nitrogens with zero attached hydrogens (tertiary/aromatic N) is 1. The Bertz CT molecular complexity index is 638. The van der Waals surface area contributed by atoms with Gasteiger partial charge in [0.05, 0.1) is 10.9 Å². The quantitative estimate of drug-likeness (QED) is 0.929. The van der Waals surface area contributed by atoms with Crippen LogP contribution in [0.5, 0.6) is 0 Å². The fourth-order valence-corrected chi connectivity index (χ4v) is 3.00. The molecular formula is C15H22N2O3S. The molecule has 1 fully saturated rings. The molecule has 0 unspecified atom stereocenters. The summed E-state index contributed by atoms with van der Waals surface area (Å²) < 4.78 is 26.5. The lowest BCUT2D eigenvalue weighted by Crippen LogP contribution is -2.35. The molecule has 21 heavy (non-hydrogen) atoms. The molecule has 1 aromatic carbocycles. The Balaban J connectivity index is 2.31. The summed E-state index contributed by atoms with van der Waals surface area (Å²) in [5.41, 5.74) is 2.27. The molecule has 5 nitrogen and oxygen atoms in total. The maximum absolute atomic E-state index is 12.0. The highest BCUT2D eigenvalue weighted by Crippen LogP contribution is 2.28. The van der Waals surface area contributed by atoms with Gasteiger partial charge in [0.2, 0.25) is 15.9 Å². The number of carbonyl (C=O) groups is 1. The number of piperidine rings is 1. The van der Waals surface area contributed by atoms with Crippen molar-refractivity contribution in [3.63, 3.8) is 0 Å². The van der Waals surface area contributed by atoms with E-state index < -0.39 is 15.3 Å². The number of aryl methyl sites for hydroxylation is 1. The third kappa shape index (κ3) is 3.56. The van der Waals surface area contributed by atoms with Crippen LogP contribution in [0.15, 0.2) is 18.2 Å². The zero-order valence-electron chi connectivity index (χ0n) is 12.7. The number of amides is 1. The molecule has 0 bridgehead atoms. The van der Waals surface area contributed by atoms with Gasteiger partial charge in [0.1, 0.15) is 0 Å². The van der Waals surface area contributed by atoms with Gasteiger partial charge in [-0.1, -0.05) is 6.07 Å². The van der Waals surface area contributed by atoms with Crippen molar-refractivity contribution in [3.8, 4) is 0 Å². The molecule has 0 saturated carbocycles. The fraction of sp³-hybridized carbons (Fsp3) is 0.533. The van der Waals surface area contributed by atoms with Crippen LogP contribution in [0.2, 0.25) is 0 Å². The van der Waals surface area contributed by atoms with Gasteiger partial charge in [0, 0.05) is 18.7 Å². The van der Waals surface area contributed by atoms with Crippen LogP contribution in [0.4, 0.5) is 11.4 Å². The summed E-state index contributed by atoms with van der Waals surface area (Å²) in [6, 6.07) is 5.32. The number of benzene rings is 1. The topological polar surface area (TPSA) is 66.5 Å². The summed E-state index contributed by atoms with van der Waals surface area (Å²) in [5, 5.41) is -0.501. The average Bonchev–Trinajstić information content (AvgIpc) is 2.41.